The van der Waals surface area contributed by atoms with Gasteiger partial charge in [-0.1, -0.05) is 227 Å². The second-order valence-corrected chi connectivity index (χ2v) is 20.1. The number of unbranched alkanes of at least 4 members (excludes halogenated alkanes) is 22. The van der Waals surface area contributed by atoms with Gasteiger partial charge in [0.2, 0.25) is 5.91 Å². The summed E-state index contributed by atoms with van der Waals surface area (Å²) < 4.78 is 17.5. The number of carbonyl (C=O) groups is 2. The van der Waals surface area contributed by atoms with Gasteiger partial charge in [-0.05, 0) is 89.9 Å². The van der Waals surface area contributed by atoms with Crippen molar-refractivity contribution in [1.29, 1.82) is 0 Å². The Bertz CT molecular complexity index is 1570. The second-order valence-electron chi connectivity index (χ2n) is 20.1. The third-order valence-electron chi connectivity index (χ3n) is 13.3. The standard InChI is InChI=1S/C63H107NO10/c1-4-7-10-13-16-19-22-25-26-27-28-29-30-31-33-35-38-41-44-47-50-56(67)62(71)64-54(55(66)49-46-43-40-37-34-24-21-18-15-12-9-6-3)53-72-63-61(60(70)59(69)57(52-65)73-63)74-58(68)51-48-45-42-39-36-32-23-20-17-14-11-8-5-2/h8,11,14,16-17,19-20,23,25-26,28-29,31,33,46,49,54-57,59-61,63,65-67,69-70H,4-7,9-10,12-13,15,18,21-22,24,27,30,32,34-45,47-48,50-53H2,1-3H3,(H,64,71)/b11-8+,17-14+,19-16-,23-20-,26-25-,29-28-,33-31-,49-46+. The number of hydrogen-bond donors (Lipinski definition) is 6. The Morgan fingerprint density at radius 3 is 1.59 bits per heavy atom. The maximum Gasteiger partial charge on any atom is 0.306 e. The minimum atomic E-state index is -1.63. The summed E-state index contributed by atoms with van der Waals surface area (Å²) in [6.45, 7) is 5.58. The number of esters is 1. The zero-order valence-corrected chi connectivity index (χ0v) is 46.7. The Morgan fingerprint density at radius 1 is 0.554 bits per heavy atom. The number of aliphatic hydroxyl groups excluding tert-OH is 5. The molecule has 1 heterocycles. The molecule has 74 heavy (non-hydrogen) atoms. The average Bonchev–Trinajstić information content (AvgIpc) is 3.40. The fourth-order valence-corrected chi connectivity index (χ4v) is 8.57. The number of amides is 1. The summed E-state index contributed by atoms with van der Waals surface area (Å²) in [7, 11) is 0. The zero-order valence-electron chi connectivity index (χ0n) is 46.7. The molecule has 1 amide bonds. The van der Waals surface area contributed by atoms with E-state index in [9.17, 15) is 35.1 Å². The van der Waals surface area contributed by atoms with E-state index in [2.05, 4.69) is 92.9 Å². The van der Waals surface area contributed by atoms with Crippen molar-refractivity contribution in [1.82, 2.24) is 5.32 Å². The molecule has 0 aromatic carbocycles. The molecule has 8 unspecified atom stereocenters. The minimum absolute atomic E-state index is 0.0932. The molecule has 11 heteroatoms. The van der Waals surface area contributed by atoms with Crippen LogP contribution in [0, 0.1) is 0 Å². The van der Waals surface area contributed by atoms with Crippen LogP contribution in [0.5, 0.6) is 0 Å². The predicted octanol–water partition coefficient (Wildman–Crippen LogP) is 13.6. The summed E-state index contributed by atoms with van der Waals surface area (Å²) in [4.78, 5) is 26.5. The summed E-state index contributed by atoms with van der Waals surface area (Å²) in [5.41, 5.74) is 0. The lowest BCUT2D eigenvalue weighted by atomic mass is 9.99. The van der Waals surface area contributed by atoms with Crippen LogP contribution in [0.4, 0.5) is 0 Å². The Kier molecular flexibility index (Phi) is 46.7. The van der Waals surface area contributed by atoms with Gasteiger partial charge in [-0.15, -0.1) is 0 Å². The van der Waals surface area contributed by atoms with E-state index >= 15 is 0 Å². The van der Waals surface area contributed by atoms with Gasteiger partial charge in [0, 0.05) is 6.42 Å². The van der Waals surface area contributed by atoms with Gasteiger partial charge >= 0.3 is 5.97 Å². The first-order valence-corrected chi connectivity index (χ1v) is 29.5. The van der Waals surface area contributed by atoms with Crippen LogP contribution >= 0.6 is 0 Å². The first-order chi connectivity index (χ1) is 36.2. The fourth-order valence-electron chi connectivity index (χ4n) is 8.57. The van der Waals surface area contributed by atoms with Crippen molar-refractivity contribution in [3.63, 3.8) is 0 Å². The Hall–Kier alpha value is -3.42. The molecule has 1 aliphatic heterocycles. The van der Waals surface area contributed by atoms with E-state index in [0.29, 0.717) is 12.8 Å². The first kappa shape index (κ1) is 68.6. The highest BCUT2D eigenvalue weighted by molar-refractivity contribution is 5.80. The van der Waals surface area contributed by atoms with E-state index in [4.69, 9.17) is 14.2 Å². The molecule has 0 bridgehead atoms. The highest BCUT2D eigenvalue weighted by atomic mass is 16.7. The lowest BCUT2D eigenvalue weighted by Gasteiger charge is -2.41. The smallest absolute Gasteiger partial charge is 0.306 e. The number of nitrogens with one attached hydrogen (secondary N) is 1. The van der Waals surface area contributed by atoms with E-state index in [-0.39, 0.29) is 19.4 Å². The molecule has 0 spiro atoms. The van der Waals surface area contributed by atoms with Crippen molar-refractivity contribution in [3.8, 4) is 0 Å². The van der Waals surface area contributed by atoms with Crippen LogP contribution in [0.25, 0.3) is 0 Å². The molecule has 0 saturated carbocycles. The number of allylic oxidation sites excluding steroid dienone is 15. The quantitative estimate of drug-likeness (QED) is 0.0149. The van der Waals surface area contributed by atoms with Crippen LogP contribution in [-0.2, 0) is 23.8 Å². The SMILES string of the molecule is CC/C=C/C=C/C=C\CCCCCCCC(=O)OC1C(OCC(NC(=O)C(O)CCCCCC/C=C\C/C=C\C/C=C\C/C=C\CCCCC)C(O)/C=C/CCCCCCCCCCCC)OC(CO)C(O)C1O. The highest BCUT2D eigenvalue weighted by Gasteiger charge is 2.47. The Morgan fingerprint density at radius 2 is 1.03 bits per heavy atom. The Balaban J connectivity index is 2.74. The number of ether oxygens (including phenoxy) is 3. The molecule has 11 nitrogen and oxygen atoms in total. The third kappa shape index (κ3) is 38.2. The molecule has 1 aliphatic rings. The van der Waals surface area contributed by atoms with Gasteiger partial charge in [-0.3, -0.25) is 9.59 Å². The van der Waals surface area contributed by atoms with Crippen LogP contribution < -0.4 is 5.32 Å². The molecule has 1 fully saturated rings. The van der Waals surface area contributed by atoms with Crippen molar-refractivity contribution < 1.29 is 49.3 Å². The van der Waals surface area contributed by atoms with Gasteiger partial charge in [0.05, 0.1) is 25.4 Å². The summed E-state index contributed by atoms with van der Waals surface area (Å²) in [6.07, 6.45) is 55.9. The molecule has 8 atom stereocenters. The lowest BCUT2D eigenvalue weighted by Crippen LogP contribution is -2.61. The molecule has 0 aliphatic carbocycles. The molecule has 0 radical (unpaired) electrons. The van der Waals surface area contributed by atoms with Crippen LogP contribution in [0.2, 0.25) is 0 Å². The minimum Gasteiger partial charge on any atom is -0.454 e. The number of hydrogen-bond acceptors (Lipinski definition) is 10. The second kappa shape index (κ2) is 50.4. The van der Waals surface area contributed by atoms with Crippen LogP contribution in [0.3, 0.4) is 0 Å². The molecular formula is C63H107NO10. The van der Waals surface area contributed by atoms with Crippen molar-refractivity contribution in [2.45, 2.75) is 275 Å². The van der Waals surface area contributed by atoms with Crippen molar-refractivity contribution >= 4 is 11.9 Å². The highest BCUT2D eigenvalue weighted by Crippen LogP contribution is 2.26. The van der Waals surface area contributed by atoms with E-state index in [1.807, 2.05) is 24.3 Å². The van der Waals surface area contributed by atoms with Gasteiger partial charge < -0.3 is 45.1 Å². The van der Waals surface area contributed by atoms with Crippen LogP contribution in [0.15, 0.2) is 97.2 Å². The summed E-state index contributed by atoms with van der Waals surface area (Å²) in [5, 5.41) is 56.8. The van der Waals surface area contributed by atoms with E-state index in [1.165, 1.54) is 70.6 Å². The molecule has 0 aromatic heterocycles. The average molecular weight is 1040 g/mol. The fraction of sp³-hybridized carbons (Fsp3) is 0.714. The molecular weight excluding hydrogens is 931 g/mol. The first-order valence-electron chi connectivity index (χ1n) is 29.5. The van der Waals surface area contributed by atoms with Gasteiger partial charge in [0.15, 0.2) is 12.4 Å². The van der Waals surface area contributed by atoms with Crippen molar-refractivity contribution in [2.24, 2.45) is 0 Å². The molecule has 0 aromatic rings. The van der Waals surface area contributed by atoms with Crippen LogP contribution in [0.1, 0.15) is 226 Å². The lowest BCUT2D eigenvalue weighted by molar-refractivity contribution is -0.305. The zero-order chi connectivity index (χ0) is 54.0. The van der Waals surface area contributed by atoms with Gasteiger partial charge in [0.25, 0.3) is 0 Å². The van der Waals surface area contributed by atoms with E-state index < -0.39 is 67.4 Å². The van der Waals surface area contributed by atoms with Crippen molar-refractivity contribution in [2.75, 3.05) is 13.2 Å². The maximum absolute atomic E-state index is 13.4. The molecule has 1 rings (SSSR count). The third-order valence-corrected chi connectivity index (χ3v) is 13.3. The summed E-state index contributed by atoms with van der Waals surface area (Å²) in [5.74, 6) is -1.24. The largest absolute Gasteiger partial charge is 0.454 e. The van der Waals surface area contributed by atoms with E-state index in [0.717, 1.165) is 109 Å². The van der Waals surface area contributed by atoms with Gasteiger partial charge in [-0.2, -0.15) is 0 Å². The summed E-state index contributed by atoms with van der Waals surface area (Å²) in [6, 6.07) is -1.04. The molecule has 424 valence electrons. The topological polar surface area (TPSA) is 175 Å². The van der Waals surface area contributed by atoms with E-state index in [1.54, 1.807) is 6.08 Å². The molecule has 1 saturated heterocycles. The Labute approximate surface area is 450 Å². The van der Waals surface area contributed by atoms with Gasteiger partial charge in [-0.25, -0.2) is 0 Å². The van der Waals surface area contributed by atoms with Crippen LogP contribution in [-0.4, -0.2) is 99.6 Å². The maximum atomic E-state index is 13.4. The monoisotopic (exact) mass is 1040 g/mol. The number of aliphatic hydroxyl groups is 5. The number of rotatable bonds is 48. The number of carbonyl (C=O) groups excluding carboxylic acids is 2. The van der Waals surface area contributed by atoms with Crippen molar-refractivity contribution in [3.05, 3.63) is 97.2 Å². The summed E-state index contributed by atoms with van der Waals surface area (Å²) >= 11 is 0. The molecule has 6 N–H and O–H groups in total. The van der Waals surface area contributed by atoms with Gasteiger partial charge in [0.1, 0.15) is 24.4 Å². The predicted molar refractivity (Wildman–Crippen MR) is 305 cm³/mol. The normalized spacial score (nSPS) is 20.0.